The highest BCUT2D eigenvalue weighted by molar-refractivity contribution is 9.09. The lowest BCUT2D eigenvalue weighted by molar-refractivity contribution is -0.122. The molecule has 0 unspecified atom stereocenters. The Morgan fingerprint density at radius 2 is 2.15 bits per heavy atom. The van der Waals surface area contributed by atoms with Gasteiger partial charge in [0.25, 0.3) is 0 Å². The summed E-state index contributed by atoms with van der Waals surface area (Å²) in [6, 6.07) is 0.353. The SMILES string of the molecule is O=C(CCCCBr)Nc1cnn(CC(=O)NC2CC2)c1. The van der Waals surface area contributed by atoms with Crippen molar-refractivity contribution < 1.29 is 9.59 Å². The highest BCUT2D eigenvalue weighted by Crippen LogP contribution is 2.18. The summed E-state index contributed by atoms with van der Waals surface area (Å²) >= 11 is 3.33. The molecule has 1 saturated carbocycles. The largest absolute Gasteiger partial charge is 0.352 e. The normalized spacial score (nSPS) is 14.1. The standard InChI is InChI=1S/C13H19BrN4O2/c14-6-2-1-3-12(19)17-11-7-15-18(8-11)9-13(20)16-10-4-5-10/h7-8,10H,1-6,9H2,(H,16,20)(H,17,19). The molecule has 1 aromatic heterocycles. The second-order valence-electron chi connectivity index (χ2n) is 4.96. The van der Waals surface area contributed by atoms with Gasteiger partial charge >= 0.3 is 0 Å². The van der Waals surface area contributed by atoms with E-state index < -0.39 is 0 Å². The summed E-state index contributed by atoms with van der Waals surface area (Å²) in [4.78, 5) is 23.2. The number of rotatable bonds is 8. The molecule has 0 aromatic carbocycles. The maximum Gasteiger partial charge on any atom is 0.241 e. The van der Waals surface area contributed by atoms with E-state index >= 15 is 0 Å². The number of hydrogen-bond acceptors (Lipinski definition) is 3. The molecule has 1 aromatic rings. The number of alkyl halides is 1. The first-order chi connectivity index (χ1) is 9.67. The molecule has 110 valence electrons. The van der Waals surface area contributed by atoms with Crippen molar-refractivity contribution in [2.45, 2.75) is 44.7 Å². The molecule has 1 heterocycles. The van der Waals surface area contributed by atoms with Gasteiger partial charge in [-0.25, -0.2) is 0 Å². The predicted octanol–water partition coefficient (Wildman–Crippen LogP) is 1.67. The molecule has 1 aliphatic rings. The third-order valence-corrected chi connectivity index (χ3v) is 3.51. The first-order valence-corrected chi connectivity index (χ1v) is 7.97. The Bertz CT molecular complexity index is 471. The van der Waals surface area contributed by atoms with Crippen LogP contribution in [0.25, 0.3) is 0 Å². The molecule has 7 heteroatoms. The smallest absolute Gasteiger partial charge is 0.241 e. The zero-order chi connectivity index (χ0) is 14.4. The number of nitrogens with zero attached hydrogens (tertiary/aromatic N) is 2. The molecular weight excluding hydrogens is 324 g/mol. The van der Waals surface area contributed by atoms with E-state index in [-0.39, 0.29) is 18.4 Å². The summed E-state index contributed by atoms with van der Waals surface area (Å²) in [5.74, 6) is -0.0567. The minimum absolute atomic E-state index is 0.0204. The average molecular weight is 343 g/mol. The first-order valence-electron chi connectivity index (χ1n) is 6.85. The van der Waals surface area contributed by atoms with Gasteiger partial charge in [0, 0.05) is 24.0 Å². The van der Waals surface area contributed by atoms with Gasteiger partial charge in [-0.2, -0.15) is 5.10 Å². The Balaban J connectivity index is 1.73. The molecule has 0 spiro atoms. The van der Waals surface area contributed by atoms with Crippen LogP contribution >= 0.6 is 15.9 Å². The van der Waals surface area contributed by atoms with Crippen molar-refractivity contribution in [3.05, 3.63) is 12.4 Å². The third kappa shape index (κ3) is 5.32. The number of aromatic nitrogens is 2. The zero-order valence-electron chi connectivity index (χ0n) is 11.3. The number of carbonyl (C=O) groups excluding carboxylic acids is 2. The fraction of sp³-hybridized carbons (Fsp3) is 0.615. The van der Waals surface area contributed by atoms with Gasteiger partial charge in [0.1, 0.15) is 6.54 Å². The third-order valence-electron chi connectivity index (χ3n) is 2.95. The van der Waals surface area contributed by atoms with Gasteiger partial charge in [-0.1, -0.05) is 15.9 Å². The summed E-state index contributed by atoms with van der Waals surface area (Å²) in [5.41, 5.74) is 0.632. The number of nitrogens with one attached hydrogen (secondary N) is 2. The van der Waals surface area contributed by atoms with Gasteiger partial charge in [-0.15, -0.1) is 0 Å². The van der Waals surface area contributed by atoms with Crippen molar-refractivity contribution in [1.82, 2.24) is 15.1 Å². The van der Waals surface area contributed by atoms with Crippen molar-refractivity contribution >= 4 is 33.4 Å². The molecule has 0 atom stereocenters. The molecule has 0 saturated heterocycles. The lowest BCUT2D eigenvalue weighted by Gasteiger charge is -2.03. The van der Waals surface area contributed by atoms with E-state index in [4.69, 9.17) is 0 Å². The Kier molecular flexibility index (Phi) is 5.58. The molecule has 2 amide bonds. The molecule has 6 nitrogen and oxygen atoms in total. The monoisotopic (exact) mass is 342 g/mol. The Hall–Kier alpha value is -1.37. The van der Waals surface area contributed by atoms with Crippen LogP contribution in [0.2, 0.25) is 0 Å². The molecular formula is C13H19BrN4O2. The van der Waals surface area contributed by atoms with Crippen LogP contribution in [0.3, 0.4) is 0 Å². The molecule has 0 bridgehead atoms. The number of anilines is 1. The molecule has 20 heavy (non-hydrogen) atoms. The maximum absolute atomic E-state index is 11.6. The van der Waals surface area contributed by atoms with Crippen LogP contribution in [0.1, 0.15) is 32.1 Å². The highest BCUT2D eigenvalue weighted by atomic mass is 79.9. The van der Waals surface area contributed by atoms with Crippen LogP contribution in [0.15, 0.2) is 12.4 Å². The fourth-order valence-corrected chi connectivity index (χ4v) is 2.16. The fourth-order valence-electron chi connectivity index (χ4n) is 1.77. The lowest BCUT2D eigenvalue weighted by Crippen LogP contribution is -2.29. The number of hydrogen-bond donors (Lipinski definition) is 2. The minimum Gasteiger partial charge on any atom is -0.352 e. The summed E-state index contributed by atoms with van der Waals surface area (Å²) in [7, 11) is 0. The Morgan fingerprint density at radius 3 is 2.85 bits per heavy atom. The Labute approximate surface area is 126 Å². The van der Waals surface area contributed by atoms with Crippen molar-refractivity contribution in [3.8, 4) is 0 Å². The number of halogens is 1. The van der Waals surface area contributed by atoms with Gasteiger partial charge in [0.05, 0.1) is 11.9 Å². The van der Waals surface area contributed by atoms with Crippen LogP contribution in [0.5, 0.6) is 0 Å². The Morgan fingerprint density at radius 1 is 1.35 bits per heavy atom. The van der Waals surface area contributed by atoms with Crippen molar-refractivity contribution in [1.29, 1.82) is 0 Å². The molecule has 0 aliphatic heterocycles. The van der Waals surface area contributed by atoms with E-state index in [1.165, 1.54) is 4.68 Å². The maximum atomic E-state index is 11.6. The van der Waals surface area contributed by atoms with E-state index in [9.17, 15) is 9.59 Å². The second-order valence-corrected chi connectivity index (χ2v) is 5.76. The predicted molar refractivity (Wildman–Crippen MR) is 79.7 cm³/mol. The van der Waals surface area contributed by atoms with E-state index in [0.29, 0.717) is 18.2 Å². The highest BCUT2D eigenvalue weighted by Gasteiger charge is 2.23. The number of carbonyl (C=O) groups is 2. The summed E-state index contributed by atoms with van der Waals surface area (Å²) in [6.07, 6.45) is 7.71. The van der Waals surface area contributed by atoms with E-state index in [1.807, 2.05) is 0 Å². The van der Waals surface area contributed by atoms with Gasteiger partial charge in [-0.3, -0.25) is 14.3 Å². The second kappa shape index (κ2) is 7.42. The van der Waals surface area contributed by atoms with Crippen molar-refractivity contribution in [2.24, 2.45) is 0 Å². The van der Waals surface area contributed by atoms with Crippen LogP contribution in [0.4, 0.5) is 5.69 Å². The zero-order valence-corrected chi connectivity index (χ0v) is 12.9. The van der Waals surface area contributed by atoms with Gasteiger partial charge in [0.2, 0.25) is 11.8 Å². The van der Waals surface area contributed by atoms with E-state index in [1.54, 1.807) is 12.4 Å². The minimum atomic E-state index is -0.0363. The van der Waals surface area contributed by atoms with E-state index in [2.05, 4.69) is 31.7 Å². The summed E-state index contributed by atoms with van der Waals surface area (Å²) in [6.45, 7) is 0.190. The van der Waals surface area contributed by atoms with Crippen LogP contribution in [-0.2, 0) is 16.1 Å². The van der Waals surface area contributed by atoms with Crippen LogP contribution in [-0.4, -0.2) is 33.0 Å². The van der Waals surface area contributed by atoms with Crippen molar-refractivity contribution in [2.75, 3.05) is 10.6 Å². The quantitative estimate of drug-likeness (QED) is 0.557. The summed E-state index contributed by atoms with van der Waals surface area (Å²) in [5, 5.41) is 10.7. The molecule has 0 radical (unpaired) electrons. The average Bonchev–Trinajstić information content (AvgIpc) is 3.10. The number of unbranched alkanes of at least 4 members (excludes halogenated alkanes) is 1. The first kappa shape index (κ1) is 15.0. The van der Waals surface area contributed by atoms with Crippen molar-refractivity contribution in [3.63, 3.8) is 0 Å². The molecule has 2 N–H and O–H groups in total. The van der Waals surface area contributed by atoms with Gasteiger partial charge < -0.3 is 10.6 Å². The molecule has 2 rings (SSSR count). The topological polar surface area (TPSA) is 76.0 Å². The number of amides is 2. The van der Waals surface area contributed by atoms with Crippen LogP contribution < -0.4 is 10.6 Å². The summed E-state index contributed by atoms with van der Waals surface area (Å²) < 4.78 is 1.53. The van der Waals surface area contributed by atoms with Crippen LogP contribution in [0, 0.1) is 0 Å². The molecule has 1 aliphatic carbocycles. The van der Waals surface area contributed by atoms with E-state index in [0.717, 1.165) is 31.0 Å². The molecule has 1 fully saturated rings. The van der Waals surface area contributed by atoms with Gasteiger partial charge in [-0.05, 0) is 25.7 Å². The van der Waals surface area contributed by atoms with Gasteiger partial charge in [0.15, 0.2) is 0 Å². The lowest BCUT2D eigenvalue weighted by atomic mass is 10.2.